The van der Waals surface area contributed by atoms with Crippen molar-refractivity contribution in [3.63, 3.8) is 0 Å². The molecule has 0 spiro atoms. The number of fused-ring (bicyclic) bond motifs is 5. The normalized spacial score (nSPS) is 33.7. The molecule has 3 aliphatic carbocycles. The first-order chi connectivity index (χ1) is 27.0. The lowest BCUT2D eigenvalue weighted by Gasteiger charge is -2.67. The fraction of sp³-hybridized carbons (Fsp3) is 0.558. The van der Waals surface area contributed by atoms with Crippen LogP contribution in [-0.4, -0.2) is 110 Å². The van der Waals surface area contributed by atoms with Crippen molar-refractivity contribution in [1.29, 1.82) is 0 Å². The molecule has 58 heavy (non-hydrogen) atoms. The lowest BCUT2D eigenvalue weighted by atomic mass is 9.44. The predicted octanol–water partition coefficient (Wildman–Crippen LogP) is 3.26. The second-order valence-corrected chi connectivity index (χ2v) is 17.6. The summed E-state index contributed by atoms with van der Waals surface area (Å²) in [6.45, 7) is 11.8. The van der Waals surface area contributed by atoms with Gasteiger partial charge in [-0.05, 0) is 63.5 Å². The highest BCUT2D eigenvalue weighted by Crippen LogP contribution is 2.64. The van der Waals surface area contributed by atoms with Gasteiger partial charge in [0.2, 0.25) is 0 Å². The van der Waals surface area contributed by atoms with Crippen LogP contribution in [0.3, 0.4) is 0 Å². The van der Waals surface area contributed by atoms with E-state index >= 15 is 0 Å². The number of nitrogens with one attached hydrogen (secondary N) is 1. The Morgan fingerprint density at radius 1 is 0.948 bits per heavy atom. The standard InChI is InChI=1S/C43H53NO14/c1-22-26(55-37(51)32(48)30(24-15-11-9-12-16-24)44-38(52)58-39(3,4)5)20-43(53)35(56-36(50)25-17-13-10-14-18-25)33-41(8,34(49)31(47)29(22)40(43,6)7)27(46)19-28-42(33,21-54-28)57-23(2)45/h9-18,26-28,30-33,35,46-48,53H,19-21H2,1-8H3,(H,44,52)/t26-,27-,28+,30-,31+,32+,33-,35?,41+,42-,43+/m0/s1. The second-order valence-electron chi connectivity index (χ2n) is 17.6. The summed E-state index contributed by atoms with van der Waals surface area (Å²) in [5.41, 5.74) is -8.14. The molecule has 2 saturated carbocycles. The van der Waals surface area contributed by atoms with Gasteiger partial charge in [0.15, 0.2) is 17.5 Å². The first kappa shape index (κ1) is 42.9. The van der Waals surface area contributed by atoms with Gasteiger partial charge in [-0.15, -0.1) is 0 Å². The van der Waals surface area contributed by atoms with Gasteiger partial charge in [-0.25, -0.2) is 14.4 Å². The van der Waals surface area contributed by atoms with Gasteiger partial charge in [-0.3, -0.25) is 9.59 Å². The third-order valence-electron chi connectivity index (χ3n) is 12.6. The number of aliphatic hydroxyl groups is 4. The first-order valence-corrected chi connectivity index (χ1v) is 19.3. The summed E-state index contributed by atoms with van der Waals surface area (Å²) in [7, 11) is 0. The summed E-state index contributed by atoms with van der Waals surface area (Å²) >= 11 is 0. The van der Waals surface area contributed by atoms with E-state index in [0.29, 0.717) is 5.56 Å². The highest BCUT2D eigenvalue weighted by Gasteiger charge is 2.78. The number of alkyl carbamates (subject to hydrolysis) is 1. The minimum atomic E-state index is -2.35. The summed E-state index contributed by atoms with van der Waals surface area (Å²) < 4.78 is 29.5. The van der Waals surface area contributed by atoms with Gasteiger partial charge in [0.1, 0.15) is 35.6 Å². The Labute approximate surface area is 336 Å². The lowest BCUT2D eigenvalue weighted by Crippen LogP contribution is -2.81. The van der Waals surface area contributed by atoms with Crippen LogP contribution in [-0.2, 0) is 38.1 Å². The third kappa shape index (κ3) is 7.10. The molecule has 5 N–H and O–H groups in total. The van der Waals surface area contributed by atoms with Crippen molar-refractivity contribution in [3.8, 4) is 0 Å². The van der Waals surface area contributed by atoms with Gasteiger partial charge in [0.05, 0.1) is 35.6 Å². The zero-order chi connectivity index (χ0) is 42.7. The topological polar surface area (TPSA) is 224 Å². The molecule has 314 valence electrons. The fourth-order valence-corrected chi connectivity index (χ4v) is 9.56. The Morgan fingerprint density at radius 3 is 2.10 bits per heavy atom. The number of aliphatic hydroxyl groups excluding tert-OH is 3. The molecule has 15 heteroatoms. The highest BCUT2D eigenvalue weighted by molar-refractivity contribution is 5.94. The molecule has 1 heterocycles. The number of carbonyl (C=O) groups is 5. The van der Waals surface area contributed by atoms with Crippen LogP contribution in [0, 0.1) is 16.7 Å². The zero-order valence-corrected chi connectivity index (χ0v) is 33.9. The van der Waals surface area contributed by atoms with Crippen molar-refractivity contribution < 1.29 is 68.1 Å². The maximum atomic E-state index is 14.9. The molecular weight excluding hydrogens is 754 g/mol. The Kier molecular flexibility index (Phi) is 11.2. The van der Waals surface area contributed by atoms with E-state index in [-0.39, 0.29) is 29.7 Å². The number of rotatable bonds is 8. The van der Waals surface area contributed by atoms with Crippen molar-refractivity contribution in [2.24, 2.45) is 16.7 Å². The molecule has 11 atom stereocenters. The minimum Gasteiger partial charge on any atom is -0.456 e. The van der Waals surface area contributed by atoms with Gasteiger partial charge >= 0.3 is 24.0 Å². The van der Waals surface area contributed by atoms with E-state index in [1.807, 2.05) is 0 Å². The molecule has 3 fully saturated rings. The Balaban J connectivity index is 1.49. The molecule has 1 aliphatic heterocycles. The average Bonchev–Trinajstić information content (AvgIpc) is 3.14. The van der Waals surface area contributed by atoms with E-state index in [9.17, 15) is 44.4 Å². The largest absolute Gasteiger partial charge is 0.456 e. The van der Waals surface area contributed by atoms with Crippen LogP contribution in [0.5, 0.6) is 0 Å². The zero-order valence-electron chi connectivity index (χ0n) is 33.9. The number of hydrogen-bond donors (Lipinski definition) is 5. The molecule has 2 bridgehead atoms. The van der Waals surface area contributed by atoms with Gasteiger partial charge in [0, 0.05) is 25.2 Å². The van der Waals surface area contributed by atoms with Crippen LogP contribution in [0.25, 0.3) is 0 Å². The quantitative estimate of drug-likeness (QED) is 0.147. The van der Waals surface area contributed by atoms with Crippen molar-refractivity contribution in [2.45, 2.75) is 128 Å². The number of ketones is 1. The van der Waals surface area contributed by atoms with Gasteiger partial charge < -0.3 is 49.4 Å². The van der Waals surface area contributed by atoms with E-state index in [1.165, 1.54) is 26.0 Å². The van der Waals surface area contributed by atoms with Crippen LogP contribution in [0.15, 0.2) is 71.8 Å². The molecule has 2 aromatic rings. The first-order valence-electron chi connectivity index (χ1n) is 19.3. The van der Waals surface area contributed by atoms with Crippen LogP contribution in [0.2, 0.25) is 0 Å². The summed E-state index contributed by atoms with van der Waals surface area (Å²) in [5.74, 6) is -5.36. The second kappa shape index (κ2) is 15.2. The van der Waals surface area contributed by atoms with Crippen molar-refractivity contribution in [1.82, 2.24) is 5.32 Å². The lowest BCUT2D eigenvalue weighted by molar-refractivity contribution is -0.346. The molecule has 2 aromatic carbocycles. The maximum absolute atomic E-state index is 14.9. The van der Waals surface area contributed by atoms with E-state index < -0.39 is 112 Å². The fourth-order valence-electron chi connectivity index (χ4n) is 9.56. The smallest absolute Gasteiger partial charge is 0.408 e. The molecular formula is C43H53NO14. The van der Waals surface area contributed by atoms with Gasteiger partial charge in [-0.2, -0.15) is 0 Å². The predicted molar refractivity (Wildman–Crippen MR) is 204 cm³/mol. The number of amides is 1. The van der Waals surface area contributed by atoms with Crippen molar-refractivity contribution in [3.05, 3.63) is 82.9 Å². The van der Waals surface area contributed by atoms with Crippen molar-refractivity contribution >= 4 is 29.8 Å². The molecule has 1 amide bonds. The monoisotopic (exact) mass is 807 g/mol. The van der Waals surface area contributed by atoms with Crippen LogP contribution >= 0.6 is 0 Å². The SMILES string of the molecule is CC(=O)O[C@@]12CO[C@@H]1C[C@H](O)[C@@]1(C)C(=O)[C@H](O)C3=C(C)[C@@H](OC(=O)[C@H](O)[C@@H](NC(=O)OC(C)(C)C)c4ccccc4)C[C@@](O)(C(OC(=O)c4ccccc4)[C@H]21)C3(C)C. The number of benzene rings is 2. The molecule has 6 rings (SSSR count). The third-order valence-corrected chi connectivity index (χ3v) is 12.6. The Morgan fingerprint density at radius 2 is 1.55 bits per heavy atom. The van der Waals surface area contributed by atoms with E-state index in [0.717, 1.165) is 6.92 Å². The molecule has 15 nitrogen and oxygen atoms in total. The maximum Gasteiger partial charge on any atom is 0.408 e. The van der Waals surface area contributed by atoms with E-state index in [2.05, 4.69) is 5.32 Å². The van der Waals surface area contributed by atoms with Crippen molar-refractivity contribution in [2.75, 3.05) is 6.61 Å². The summed E-state index contributed by atoms with van der Waals surface area (Å²) in [6.07, 6.45) is -11.5. The number of ether oxygens (including phenoxy) is 5. The van der Waals surface area contributed by atoms with Crippen LogP contribution in [0.1, 0.15) is 90.2 Å². The van der Waals surface area contributed by atoms with Gasteiger partial charge in [-0.1, -0.05) is 62.4 Å². The van der Waals surface area contributed by atoms with Crippen LogP contribution in [0.4, 0.5) is 4.79 Å². The summed E-state index contributed by atoms with van der Waals surface area (Å²) in [4.78, 5) is 68.9. The van der Waals surface area contributed by atoms with E-state index in [4.69, 9.17) is 23.7 Å². The summed E-state index contributed by atoms with van der Waals surface area (Å²) in [6, 6.07) is 14.6. The van der Waals surface area contributed by atoms with E-state index in [1.54, 1.807) is 83.1 Å². The Bertz CT molecular complexity index is 1980. The molecule has 4 aliphatic rings. The van der Waals surface area contributed by atoms with Crippen LogP contribution < -0.4 is 5.32 Å². The van der Waals surface area contributed by atoms with Gasteiger partial charge in [0.25, 0.3) is 0 Å². The number of carbonyl (C=O) groups excluding carboxylic acids is 5. The highest BCUT2D eigenvalue weighted by atomic mass is 16.6. The molecule has 0 radical (unpaired) electrons. The molecule has 0 aromatic heterocycles. The number of hydrogen-bond acceptors (Lipinski definition) is 14. The minimum absolute atomic E-state index is 0.0637. The average molecular weight is 808 g/mol. The Hall–Kier alpha value is -4.67. The molecule has 1 saturated heterocycles. The summed E-state index contributed by atoms with van der Waals surface area (Å²) in [5, 5.41) is 51.6. The molecule has 1 unspecified atom stereocenters. The number of esters is 3. The number of Topliss-reactive ketones (excluding diaryl/α,β-unsaturated/α-hetero) is 1.